The van der Waals surface area contributed by atoms with E-state index < -0.39 is 12.1 Å². The molecular formula is C12H18N4O3. The quantitative estimate of drug-likeness (QED) is 0.806. The highest BCUT2D eigenvalue weighted by Crippen LogP contribution is 2.24. The van der Waals surface area contributed by atoms with Gasteiger partial charge in [-0.15, -0.1) is 0 Å². The molecule has 0 amide bonds. The molecule has 1 aliphatic heterocycles. The molecule has 1 aromatic heterocycles. The first-order valence-electron chi connectivity index (χ1n) is 6.25. The molecule has 1 aliphatic rings. The number of rotatable bonds is 3. The van der Waals surface area contributed by atoms with Gasteiger partial charge in [0.15, 0.2) is 6.10 Å². The van der Waals surface area contributed by atoms with Crippen molar-refractivity contribution in [2.75, 3.05) is 30.3 Å². The van der Waals surface area contributed by atoms with Gasteiger partial charge in [0, 0.05) is 17.8 Å². The van der Waals surface area contributed by atoms with Crippen molar-refractivity contribution < 1.29 is 14.6 Å². The molecule has 1 fully saturated rings. The Bertz CT molecular complexity index is 492. The highest BCUT2D eigenvalue weighted by Gasteiger charge is 2.28. The van der Waals surface area contributed by atoms with Crippen molar-refractivity contribution in [1.82, 2.24) is 9.97 Å². The highest BCUT2D eigenvalue weighted by molar-refractivity contribution is 5.73. The zero-order chi connectivity index (χ0) is 14.0. The van der Waals surface area contributed by atoms with E-state index in [1.54, 1.807) is 0 Å². The SMILES string of the molecule is CCc1c(C)nc(N)nc1N1CCOC(C(=O)O)C1. The summed E-state index contributed by atoms with van der Waals surface area (Å²) in [5.74, 6) is -0.0217. The number of ether oxygens (including phenoxy) is 1. The lowest BCUT2D eigenvalue weighted by atomic mass is 10.1. The minimum atomic E-state index is -0.957. The van der Waals surface area contributed by atoms with Crippen LogP contribution in [0.2, 0.25) is 0 Å². The summed E-state index contributed by atoms with van der Waals surface area (Å²) in [6, 6.07) is 0. The van der Waals surface area contributed by atoms with E-state index in [0.717, 1.165) is 23.5 Å². The van der Waals surface area contributed by atoms with Crippen molar-refractivity contribution in [3.63, 3.8) is 0 Å². The van der Waals surface area contributed by atoms with Gasteiger partial charge in [0.1, 0.15) is 5.82 Å². The number of nitrogens with two attached hydrogens (primary N) is 1. The summed E-state index contributed by atoms with van der Waals surface area (Å²) >= 11 is 0. The van der Waals surface area contributed by atoms with Crippen molar-refractivity contribution in [3.05, 3.63) is 11.3 Å². The first kappa shape index (κ1) is 13.5. The molecule has 7 nitrogen and oxygen atoms in total. The van der Waals surface area contributed by atoms with Gasteiger partial charge >= 0.3 is 5.97 Å². The van der Waals surface area contributed by atoms with E-state index >= 15 is 0 Å². The molecule has 0 aromatic carbocycles. The van der Waals surface area contributed by atoms with Gasteiger partial charge in [-0.25, -0.2) is 9.78 Å². The molecule has 1 aromatic rings. The fourth-order valence-corrected chi connectivity index (χ4v) is 2.27. The van der Waals surface area contributed by atoms with E-state index in [2.05, 4.69) is 9.97 Å². The fourth-order valence-electron chi connectivity index (χ4n) is 2.27. The van der Waals surface area contributed by atoms with Crippen molar-refractivity contribution in [2.45, 2.75) is 26.4 Å². The van der Waals surface area contributed by atoms with E-state index in [4.69, 9.17) is 15.6 Å². The number of carboxylic acid groups (broad SMARTS) is 1. The Morgan fingerprint density at radius 3 is 2.95 bits per heavy atom. The van der Waals surface area contributed by atoms with E-state index in [1.807, 2.05) is 18.7 Å². The van der Waals surface area contributed by atoms with Crippen LogP contribution < -0.4 is 10.6 Å². The Kier molecular flexibility index (Phi) is 3.84. The Hall–Kier alpha value is -1.89. The molecule has 1 atom stereocenters. The maximum Gasteiger partial charge on any atom is 0.334 e. The first-order valence-corrected chi connectivity index (χ1v) is 6.25. The molecular weight excluding hydrogens is 248 g/mol. The molecule has 3 N–H and O–H groups in total. The third kappa shape index (κ3) is 2.76. The Balaban J connectivity index is 2.32. The lowest BCUT2D eigenvalue weighted by Gasteiger charge is -2.33. The van der Waals surface area contributed by atoms with Gasteiger partial charge in [0.2, 0.25) is 5.95 Å². The molecule has 104 valence electrons. The van der Waals surface area contributed by atoms with Gasteiger partial charge in [0.25, 0.3) is 0 Å². The van der Waals surface area contributed by atoms with Crippen LogP contribution in [0.15, 0.2) is 0 Å². The second-order valence-corrected chi connectivity index (χ2v) is 4.47. The zero-order valence-electron chi connectivity index (χ0n) is 11.1. The van der Waals surface area contributed by atoms with Gasteiger partial charge in [-0.2, -0.15) is 4.98 Å². The molecule has 0 spiro atoms. The third-order valence-electron chi connectivity index (χ3n) is 3.20. The van der Waals surface area contributed by atoms with E-state index in [0.29, 0.717) is 13.2 Å². The van der Waals surface area contributed by atoms with E-state index in [1.165, 1.54) is 0 Å². The highest BCUT2D eigenvalue weighted by atomic mass is 16.5. The summed E-state index contributed by atoms with van der Waals surface area (Å²) in [5.41, 5.74) is 7.52. The number of morpholine rings is 1. The smallest absolute Gasteiger partial charge is 0.334 e. The largest absolute Gasteiger partial charge is 0.479 e. The molecule has 0 bridgehead atoms. The lowest BCUT2D eigenvalue weighted by Crippen LogP contribution is -2.47. The van der Waals surface area contributed by atoms with Crippen molar-refractivity contribution in [1.29, 1.82) is 0 Å². The second-order valence-electron chi connectivity index (χ2n) is 4.47. The number of aryl methyl sites for hydroxylation is 1. The monoisotopic (exact) mass is 266 g/mol. The van der Waals surface area contributed by atoms with Gasteiger partial charge in [-0.3, -0.25) is 0 Å². The maximum atomic E-state index is 11.0. The van der Waals surface area contributed by atoms with Crippen LogP contribution in [0.25, 0.3) is 0 Å². The number of hydrogen-bond acceptors (Lipinski definition) is 6. The number of nitrogens with zero attached hydrogens (tertiary/aromatic N) is 3. The molecule has 2 rings (SSSR count). The first-order chi connectivity index (χ1) is 9.02. The Morgan fingerprint density at radius 2 is 2.32 bits per heavy atom. The number of aliphatic carboxylic acids is 1. The van der Waals surface area contributed by atoms with E-state index in [-0.39, 0.29) is 12.5 Å². The van der Waals surface area contributed by atoms with E-state index in [9.17, 15) is 4.79 Å². The van der Waals surface area contributed by atoms with Crippen molar-refractivity contribution in [2.24, 2.45) is 0 Å². The maximum absolute atomic E-state index is 11.0. The summed E-state index contributed by atoms with van der Waals surface area (Å²) in [5, 5.41) is 9.03. The van der Waals surface area contributed by atoms with Crippen LogP contribution in [0.3, 0.4) is 0 Å². The summed E-state index contributed by atoms with van der Waals surface area (Å²) < 4.78 is 5.21. The van der Waals surface area contributed by atoms with Crippen molar-refractivity contribution >= 4 is 17.7 Å². The lowest BCUT2D eigenvalue weighted by molar-refractivity contribution is -0.150. The predicted octanol–water partition coefficient (Wildman–Crippen LogP) is 0.219. The average Bonchev–Trinajstić information content (AvgIpc) is 2.38. The molecule has 19 heavy (non-hydrogen) atoms. The zero-order valence-corrected chi connectivity index (χ0v) is 11.1. The van der Waals surface area contributed by atoms with Crippen LogP contribution in [0.5, 0.6) is 0 Å². The minimum Gasteiger partial charge on any atom is -0.479 e. The molecule has 1 saturated heterocycles. The van der Waals surface area contributed by atoms with Crippen LogP contribution in [0, 0.1) is 6.92 Å². The Morgan fingerprint density at radius 1 is 1.58 bits per heavy atom. The van der Waals surface area contributed by atoms with Gasteiger partial charge < -0.3 is 20.5 Å². The Labute approximate surface area is 111 Å². The molecule has 0 radical (unpaired) electrons. The molecule has 1 unspecified atom stereocenters. The van der Waals surface area contributed by atoms with Crippen LogP contribution >= 0.6 is 0 Å². The number of nitrogen functional groups attached to an aromatic ring is 1. The van der Waals surface area contributed by atoms with Gasteiger partial charge in [-0.05, 0) is 13.3 Å². The topological polar surface area (TPSA) is 102 Å². The number of hydrogen-bond donors (Lipinski definition) is 2. The molecule has 2 heterocycles. The number of aromatic nitrogens is 2. The third-order valence-corrected chi connectivity index (χ3v) is 3.20. The summed E-state index contributed by atoms with van der Waals surface area (Å²) in [4.78, 5) is 21.3. The van der Waals surface area contributed by atoms with Gasteiger partial charge in [-0.1, -0.05) is 6.92 Å². The summed E-state index contributed by atoms with van der Waals surface area (Å²) in [7, 11) is 0. The van der Waals surface area contributed by atoms with Gasteiger partial charge in [0.05, 0.1) is 13.2 Å². The number of carbonyl (C=O) groups is 1. The summed E-state index contributed by atoms with van der Waals surface area (Å²) in [6.45, 7) is 5.14. The molecule has 0 aliphatic carbocycles. The van der Waals surface area contributed by atoms with Crippen molar-refractivity contribution in [3.8, 4) is 0 Å². The van der Waals surface area contributed by atoms with Crippen LogP contribution in [-0.2, 0) is 16.0 Å². The molecule has 7 heteroatoms. The predicted molar refractivity (Wildman–Crippen MR) is 70.1 cm³/mol. The standard InChI is InChI=1S/C12H18N4O3/c1-3-8-7(2)14-12(13)15-10(8)16-4-5-19-9(6-16)11(17)18/h9H,3-6H2,1-2H3,(H,17,18)(H2,13,14,15). The van der Waals surface area contributed by atoms with Crippen LogP contribution in [0.4, 0.5) is 11.8 Å². The van der Waals surface area contributed by atoms with Crippen LogP contribution in [0.1, 0.15) is 18.2 Å². The number of anilines is 2. The average molecular weight is 266 g/mol. The molecule has 0 saturated carbocycles. The normalized spacial score (nSPS) is 19.5. The number of carboxylic acids is 1. The fraction of sp³-hybridized carbons (Fsp3) is 0.583. The summed E-state index contributed by atoms with van der Waals surface area (Å²) in [6.07, 6.45) is -0.0498. The minimum absolute atomic E-state index is 0.211. The van der Waals surface area contributed by atoms with Crippen LogP contribution in [-0.4, -0.2) is 46.8 Å². The second kappa shape index (κ2) is 5.40.